The third kappa shape index (κ3) is 3.85. The number of nitrogens with zero attached hydrogens (tertiary/aromatic N) is 3. The quantitative estimate of drug-likeness (QED) is 0.638. The molecular weight excluding hydrogens is 238 g/mol. The standard InChI is InChI=1S/C11H17N3O4/c1-13(4-5-17-2)9-6-10(15)14(12-7-9)8-11(16)18-3/h6-7H,4-5,8H2,1-3H3. The van der Waals surface area contributed by atoms with Gasteiger partial charge in [0, 0.05) is 26.8 Å². The second-order valence-corrected chi connectivity index (χ2v) is 3.70. The van der Waals surface area contributed by atoms with Crippen LogP contribution < -0.4 is 10.5 Å². The maximum Gasteiger partial charge on any atom is 0.327 e. The number of likely N-dealkylation sites (N-methyl/N-ethyl adjacent to an activating group) is 1. The van der Waals surface area contributed by atoms with E-state index in [1.165, 1.54) is 19.4 Å². The third-order valence-electron chi connectivity index (χ3n) is 2.43. The highest BCUT2D eigenvalue weighted by molar-refractivity contribution is 5.68. The van der Waals surface area contributed by atoms with Crippen LogP contribution in [-0.2, 0) is 20.8 Å². The van der Waals surface area contributed by atoms with Gasteiger partial charge in [0.05, 0.1) is 25.6 Å². The van der Waals surface area contributed by atoms with Crippen LogP contribution in [0.1, 0.15) is 0 Å². The van der Waals surface area contributed by atoms with Gasteiger partial charge in [0.2, 0.25) is 0 Å². The Bertz CT molecular complexity index is 458. The van der Waals surface area contributed by atoms with E-state index in [9.17, 15) is 9.59 Å². The molecule has 0 amide bonds. The van der Waals surface area contributed by atoms with E-state index in [0.29, 0.717) is 18.8 Å². The summed E-state index contributed by atoms with van der Waals surface area (Å²) in [6.45, 7) is 1.03. The molecule has 1 heterocycles. The van der Waals surface area contributed by atoms with Crippen LogP contribution in [0.2, 0.25) is 0 Å². The lowest BCUT2D eigenvalue weighted by molar-refractivity contribution is -0.141. The molecule has 0 aliphatic rings. The Balaban J connectivity index is 2.79. The first-order valence-electron chi connectivity index (χ1n) is 5.42. The van der Waals surface area contributed by atoms with Gasteiger partial charge < -0.3 is 14.4 Å². The maximum absolute atomic E-state index is 11.7. The molecule has 0 atom stereocenters. The minimum absolute atomic E-state index is 0.183. The van der Waals surface area contributed by atoms with E-state index in [4.69, 9.17) is 4.74 Å². The number of carbonyl (C=O) groups excluding carboxylic acids is 1. The minimum Gasteiger partial charge on any atom is -0.468 e. The number of methoxy groups -OCH3 is 2. The summed E-state index contributed by atoms with van der Waals surface area (Å²) in [5.74, 6) is -0.509. The lowest BCUT2D eigenvalue weighted by atomic mass is 10.4. The van der Waals surface area contributed by atoms with Crippen molar-refractivity contribution in [2.45, 2.75) is 6.54 Å². The smallest absolute Gasteiger partial charge is 0.327 e. The predicted molar refractivity (Wildman–Crippen MR) is 65.7 cm³/mol. The molecule has 0 saturated heterocycles. The largest absolute Gasteiger partial charge is 0.468 e. The van der Waals surface area contributed by atoms with Crippen molar-refractivity contribution in [3.8, 4) is 0 Å². The highest BCUT2D eigenvalue weighted by Gasteiger charge is 2.08. The SMILES string of the molecule is COCCN(C)c1cnn(CC(=O)OC)c(=O)c1. The maximum atomic E-state index is 11.7. The van der Waals surface area contributed by atoms with Crippen molar-refractivity contribution < 1.29 is 14.3 Å². The van der Waals surface area contributed by atoms with Crippen LogP contribution in [0.4, 0.5) is 5.69 Å². The monoisotopic (exact) mass is 255 g/mol. The van der Waals surface area contributed by atoms with Gasteiger partial charge >= 0.3 is 5.97 Å². The van der Waals surface area contributed by atoms with Gasteiger partial charge in [0.25, 0.3) is 5.56 Å². The van der Waals surface area contributed by atoms with Crippen molar-refractivity contribution >= 4 is 11.7 Å². The van der Waals surface area contributed by atoms with E-state index in [1.807, 2.05) is 11.9 Å². The van der Waals surface area contributed by atoms with E-state index in [-0.39, 0.29) is 12.1 Å². The molecule has 7 nitrogen and oxygen atoms in total. The van der Waals surface area contributed by atoms with E-state index in [2.05, 4.69) is 9.84 Å². The zero-order chi connectivity index (χ0) is 13.5. The fraction of sp³-hybridized carbons (Fsp3) is 0.545. The average molecular weight is 255 g/mol. The molecule has 1 aromatic rings. The van der Waals surface area contributed by atoms with Crippen LogP contribution in [0.5, 0.6) is 0 Å². The van der Waals surface area contributed by atoms with E-state index in [1.54, 1.807) is 7.11 Å². The second-order valence-electron chi connectivity index (χ2n) is 3.70. The molecule has 0 unspecified atom stereocenters. The highest BCUT2D eigenvalue weighted by Crippen LogP contribution is 2.06. The molecule has 7 heteroatoms. The fourth-order valence-electron chi connectivity index (χ4n) is 1.30. The van der Waals surface area contributed by atoms with E-state index in [0.717, 1.165) is 4.68 Å². The van der Waals surface area contributed by atoms with Crippen LogP contribution >= 0.6 is 0 Å². The van der Waals surface area contributed by atoms with Gasteiger partial charge in [-0.25, -0.2) is 4.68 Å². The number of anilines is 1. The minimum atomic E-state index is -0.509. The zero-order valence-electron chi connectivity index (χ0n) is 10.8. The Kier molecular flexibility index (Phi) is 5.31. The van der Waals surface area contributed by atoms with Gasteiger partial charge in [-0.05, 0) is 0 Å². The molecule has 0 radical (unpaired) electrons. The molecule has 0 N–H and O–H groups in total. The molecule has 1 rings (SSSR count). The summed E-state index contributed by atoms with van der Waals surface area (Å²) in [6, 6.07) is 1.42. The van der Waals surface area contributed by atoms with Crippen molar-refractivity contribution in [1.29, 1.82) is 0 Å². The van der Waals surface area contributed by atoms with Crippen molar-refractivity contribution in [1.82, 2.24) is 9.78 Å². The Morgan fingerprint density at radius 2 is 2.22 bits per heavy atom. The van der Waals surface area contributed by atoms with Crippen molar-refractivity contribution in [2.75, 3.05) is 39.3 Å². The summed E-state index contributed by atoms with van der Waals surface area (Å²) in [5.41, 5.74) is 0.334. The van der Waals surface area contributed by atoms with Gasteiger partial charge in [0.1, 0.15) is 6.54 Å². The van der Waals surface area contributed by atoms with Crippen LogP contribution in [0.3, 0.4) is 0 Å². The molecule has 0 bridgehead atoms. The Labute approximate surface area is 105 Å². The average Bonchev–Trinajstić information content (AvgIpc) is 2.38. The molecular formula is C11H17N3O4. The van der Waals surface area contributed by atoms with Crippen LogP contribution in [0, 0.1) is 0 Å². The fourth-order valence-corrected chi connectivity index (χ4v) is 1.30. The molecule has 100 valence electrons. The zero-order valence-corrected chi connectivity index (χ0v) is 10.8. The molecule has 1 aromatic heterocycles. The summed E-state index contributed by atoms with van der Waals surface area (Å²) in [6.07, 6.45) is 1.53. The number of rotatable bonds is 6. The van der Waals surface area contributed by atoms with E-state index >= 15 is 0 Å². The summed E-state index contributed by atoms with van der Waals surface area (Å²) >= 11 is 0. The van der Waals surface area contributed by atoms with E-state index < -0.39 is 5.97 Å². The van der Waals surface area contributed by atoms with Gasteiger partial charge in [-0.15, -0.1) is 0 Å². The number of carbonyl (C=O) groups is 1. The first kappa shape index (κ1) is 14.2. The number of hydrogen-bond acceptors (Lipinski definition) is 6. The van der Waals surface area contributed by atoms with Crippen LogP contribution in [-0.4, -0.2) is 50.2 Å². The van der Waals surface area contributed by atoms with Crippen molar-refractivity contribution in [3.05, 3.63) is 22.6 Å². The summed E-state index contributed by atoms with van der Waals surface area (Å²) in [4.78, 5) is 24.6. The van der Waals surface area contributed by atoms with Crippen molar-refractivity contribution in [2.24, 2.45) is 0 Å². The van der Waals surface area contributed by atoms with Gasteiger partial charge in [0.15, 0.2) is 0 Å². The summed E-state index contributed by atoms with van der Waals surface area (Å²) in [7, 11) is 4.71. The molecule has 0 aliphatic heterocycles. The molecule has 0 saturated carbocycles. The first-order valence-corrected chi connectivity index (χ1v) is 5.42. The summed E-state index contributed by atoms with van der Waals surface area (Å²) in [5, 5.41) is 3.92. The molecule has 0 aromatic carbocycles. The van der Waals surface area contributed by atoms with Gasteiger partial charge in [-0.3, -0.25) is 9.59 Å². The highest BCUT2D eigenvalue weighted by atomic mass is 16.5. The Morgan fingerprint density at radius 3 is 2.78 bits per heavy atom. The van der Waals surface area contributed by atoms with Gasteiger partial charge in [-0.1, -0.05) is 0 Å². The number of ether oxygens (including phenoxy) is 2. The van der Waals surface area contributed by atoms with Gasteiger partial charge in [-0.2, -0.15) is 5.10 Å². The molecule has 18 heavy (non-hydrogen) atoms. The van der Waals surface area contributed by atoms with Crippen LogP contribution in [0.25, 0.3) is 0 Å². The van der Waals surface area contributed by atoms with Crippen molar-refractivity contribution in [3.63, 3.8) is 0 Å². The number of hydrogen-bond donors (Lipinski definition) is 0. The van der Waals surface area contributed by atoms with Crippen LogP contribution in [0.15, 0.2) is 17.1 Å². The normalized spacial score (nSPS) is 10.2. The second kappa shape index (κ2) is 6.75. The topological polar surface area (TPSA) is 73.7 Å². The Morgan fingerprint density at radius 1 is 1.50 bits per heavy atom. The lowest BCUT2D eigenvalue weighted by Crippen LogP contribution is -2.29. The summed E-state index contributed by atoms with van der Waals surface area (Å²) < 4.78 is 10.5. The predicted octanol–water partition coefficient (Wildman–Crippen LogP) is -0.501. The molecule has 0 aliphatic carbocycles. The number of esters is 1. The number of aromatic nitrogens is 2. The lowest BCUT2D eigenvalue weighted by Gasteiger charge is -2.18. The Hall–Kier alpha value is -1.89. The third-order valence-corrected chi connectivity index (χ3v) is 2.43. The first-order chi connectivity index (χ1) is 8.58. The molecule has 0 spiro atoms. The molecule has 0 fully saturated rings.